The van der Waals surface area contributed by atoms with Gasteiger partial charge in [-0.05, 0) is 4.73 Å². The molecule has 10 heteroatoms. The number of hydrogen-bond acceptors (Lipinski definition) is 8. The van der Waals surface area contributed by atoms with Crippen LogP contribution in [0.25, 0.3) is 0 Å². The van der Waals surface area contributed by atoms with Crippen LogP contribution in [-0.2, 0) is 10.4 Å². The van der Waals surface area contributed by atoms with Crippen molar-refractivity contribution >= 4 is 28.0 Å². The highest BCUT2D eigenvalue weighted by Gasteiger charge is 2.16. The zero-order valence-corrected chi connectivity index (χ0v) is 8.48. The fraction of sp³-hybridized carbons (Fsp3) is 0.200. The quantitative estimate of drug-likeness (QED) is 0.295. The predicted octanol–water partition coefficient (Wildman–Crippen LogP) is -2.54. The van der Waals surface area contributed by atoms with E-state index in [1.54, 1.807) is 7.05 Å². The fourth-order valence-corrected chi connectivity index (χ4v) is 1.18. The van der Waals surface area contributed by atoms with Gasteiger partial charge in [0, 0.05) is 7.05 Å². The molecule has 1 aromatic rings. The van der Waals surface area contributed by atoms with Crippen LogP contribution in [0.3, 0.4) is 0 Å². The molecule has 84 valence electrons. The van der Waals surface area contributed by atoms with Gasteiger partial charge in [-0.25, -0.2) is 4.28 Å². The Morgan fingerprint density at radius 1 is 1.60 bits per heavy atom. The van der Waals surface area contributed by atoms with Crippen LogP contribution in [0.4, 0.5) is 17.6 Å². The molecule has 9 nitrogen and oxygen atoms in total. The van der Waals surface area contributed by atoms with Gasteiger partial charge in [-0.15, -0.1) is 0 Å². The van der Waals surface area contributed by atoms with E-state index in [2.05, 4.69) is 14.6 Å². The van der Waals surface area contributed by atoms with Crippen molar-refractivity contribution in [3.8, 4) is 0 Å². The number of anilines is 3. The number of aromatic nitrogens is 2. The number of hydrogen-bond donors (Lipinski definition) is 3. The van der Waals surface area contributed by atoms with Crippen LogP contribution in [0.5, 0.6) is 0 Å². The molecule has 0 saturated carbocycles. The summed E-state index contributed by atoms with van der Waals surface area (Å²) in [5, 5.41) is 2.63. The Morgan fingerprint density at radius 3 is 2.60 bits per heavy atom. The molecular weight excluding hydrogens is 226 g/mol. The highest BCUT2D eigenvalue weighted by atomic mass is 32.3. The van der Waals surface area contributed by atoms with Crippen LogP contribution in [0, 0.1) is 0 Å². The Labute approximate surface area is 85.6 Å². The van der Waals surface area contributed by atoms with E-state index in [9.17, 15) is 13.0 Å². The van der Waals surface area contributed by atoms with Gasteiger partial charge in [-0.3, -0.25) is 0 Å². The molecule has 0 saturated heterocycles. The summed E-state index contributed by atoms with van der Waals surface area (Å²) in [6, 6.07) is 1.25. The van der Waals surface area contributed by atoms with E-state index in [0.29, 0.717) is 10.5 Å². The lowest BCUT2D eigenvalue weighted by Gasteiger charge is -2.10. The average Bonchev–Trinajstić information content (AvgIpc) is 2.09. The van der Waals surface area contributed by atoms with Crippen LogP contribution in [0.2, 0.25) is 0 Å². The smallest absolute Gasteiger partial charge is 0.385 e. The van der Waals surface area contributed by atoms with E-state index in [1.807, 2.05) is 0 Å². The maximum atomic E-state index is 10.3. The first kappa shape index (κ1) is 11.3. The van der Waals surface area contributed by atoms with Crippen molar-refractivity contribution in [2.45, 2.75) is 0 Å². The molecule has 1 rings (SSSR count). The molecule has 0 atom stereocenters. The zero-order chi connectivity index (χ0) is 11.6. The summed E-state index contributed by atoms with van der Waals surface area (Å²) in [4.78, 5) is 3.66. The maximum absolute atomic E-state index is 10.3. The molecule has 1 heterocycles. The Morgan fingerprint density at radius 2 is 2.20 bits per heavy atom. The first-order valence-electron chi connectivity index (χ1n) is 3.65. The Kier molecular flexibility index (Phi) is 2.81. The Bertz CT molecular complexity index is 449. The molecule has 0 fully saturated rings. The van der Waals surface area contributed by atoms with Crippen LogP contribution in [0.1, 0.15) is 0 Å². The van der Waals surface area contributed by atoms with Gasteiger partial charge in [0.1, 0.15) is 0 Å². The minimum atomic E-state index is -4.95. The molecule has 0 amide bonds. The second-order valence-corrected chi connectivity index (χ2v) is 3.42. The first-order valence-corrected chi connectivity index (χ1v) is 4.98. The van der Waals surface area contributed by atoms with Crippen molar-refractivity contribution in [1.29, 1.82) is 0 Å². The van der Waals surface area contributed by atoms with Gasteiger partial charge in [0.05, 0.1) is 6.07 Å². The number of nitrogen functional groups attached to an aromatic ring is 2. The summed E-state index contributed by atoms with van der Waals surface area (Å²) in [6.45, 7) is 0. The molecule has 0 radical (unpaired) electrons. The normalized spacial score (nSPS) is 11.1. The van der Waals surface area contributed by atoms with Gasteiger partial charge >= 0.3 is 5.95 Å². The van der Waals surface area contributed by atoms with Crippen LogP contribution in [-0.4, -0.2) is 25.0 Å². The molecule has 0 aliphatic rings. The molecule has 0 aromatic carbocycles. The van der Waals surface area contributed by atoms with Crippen molar-refractivity contribution in [2.75, 3.05) is 23.8 Å². The Hall–Kier alpha value is -1.81. The third-order valence-electron chi connectivity index (χ3n) is 1.38. The van der Waals surface area contributed by atoms with Gasteiger partial charge in [0.15, 0.2) is 5.82 Å². The van der Waals surface area contributed by atoms with Crippen molar-refractivity contribution in [2.24, 2.45) is 0 Å². The van der Waals surface area contributed by atoms with Crippen LogP contribution >= 0.6 is 0 Å². The monoisotopic (exact) mass is 235 g/mol. The van der Waals surface area contributed by atoms with Gasteiger partial charge in [-0.1, -0.05) is 4.98 Å². The molecule has 0 spiro atoms. The van der Waals surface area contributed by atoms with E-state index < -0.39 is 10.4 Å². The predicted molar refractivity (Wildman–Crippen MR) is 49.1 cm³/mol. The summed E-state index contributed by atoms with van der Waals surface area (Å²) < 4.78 is 35.3. The summed E-state index contributed by atoms with van der Waals surface area (Å²) in [6.07, 6.45) is 0. The lowest BCUT2D eigenvalue weighted by molar-refractivity contribution is -0.835. The van der Waals surface area contributed by atoms with E-state index in [0.717, 1.165) is 0 Å². The zero-order valence-electron chi connectivity index (χ0n) is 7.67. The second kappa shape index (κ2) is 3.74. The summed E-state index contributed by atoms with van der Waals surface area (Å²) in [5.41, 5.74) is 10.7. The topological polar surface area (TPSA) is 147 Å². The van der Waals surface area contributed by atoms with Gasteiger partial charge in [-0.2, -0.15) is 8.42 Å². The number of nitrogens with two attached hydrogens (primary N) is 2. The van der Waals surface area contributed by atoms with Crippen molar-refractivity contribution in [3.05, 3.63) is 6.07 Å². The summed E-state index contributed by atoms with van der Waals surface area (Å²) in [7, 11) is -3.38. The second-order valence-electron chi connectivity index (χ2n) is 2.45. The third-order valence-corrected chi connectivity index (χ3v) is 1.72. The van der Waals surface area contributed by atoms with Crippen molar-refractivity contribution in [1.82, 2.24) is 4.98 Å². The van der Waals surface area contributed by atoms with Gasteiger partial charge in [0.2, 0.25) is 5.82 Å². The molecule has 1 aromatic heterocycles. The van der Waals surface area contributed by atoms with Crippen LogP contribution < -0.4 is 25.8 Å². The highest BCUT2D eigenvalue weighted by molar-refractivity contribution is 7.80. The third kappa shape index (κ3) is 2.82. The summed E-state index contributed by atoms with van der Waals surface area (Å²) >= 11 is 0. The fourth-order valence-electron chi connectivity index (χ4n) is 0.833. The van der Waals surface area contributed by atoms with E-state index in [-0.39, 0.29) is 11.8 Å². The van der Waals surface area contributed by atoms with Crippen LogP contribution in [0.15, 0.2) is 6.07 Å². The minimum absolute atomic E-state index is 0.175. The number of nitrogens with one attached hydrogen (secondary N) is 1. The minimum Gasteiger partial charge on any atom is -0.714 e. The molecular formula is C5H9N5O4S. The van der Waals surface area contributed by atoms with E-state index >= 15 is 0 Å². The Balaban J connectivity index is 3.20. The lowest BCUT2D eigenvalue weighted by atomic mass is 10.5. The molecule has 0 aliphatic carbocycles. The lowest BCUT2D eigenvalue weighted by Crippen LogP contribution is -2.50. The van der Waals surface area contributed by atoms with E-state index in [1.165, 1.54) is 6.07 Å². The maximum Gasteiger partial charge on any atom is 0.385 e. The average molecular weight is 235 g/mol. The number of nitrogens with zero attached hydrogens (tertiary/aromatic N) is 2. The summed E-state index contributed by atoms with van der Waals surface area (Å²) in [5.74, 6) is -0.224. The SMILES string of the molecule is CNc1cc(N)[n+](OS(=O)(=O)[O-])c(N)n1. The van der Waals surface area contributed by atoms with E-state index in [4.69, 9.17) is 11.5 Å². The molecule has 5 N–H and O–H groups in total. The van der Waals surface area contributed by atoms with Crippen molar-refractivity contribution < 1.29 is 22.0 Å². The first-order chi connectivity index (χ1) is 6.83. The molecule has 0 unspecified atom stereocenters. The number of rotatable bonds is 3. The van der Waals surface area contributed by atoms with Gasteiger partial charge in [0.25, 0.3) is 10.4 Å². The molecule has 0 aliphatic heterocycles. The molecule has 0 bridgehead atoms. The van der Waals surface area contributed by atoms with Crippen molar-refractivity contribution in [3.63, 3.8) is 0 Å². The largest absolute Gasteiger partial charge is 0.714 e. The van der Waals surface area contributed by atoms with Gasteiger partial charge < -0.3 is 21.3 Å². The standard InChI is InChI=1S/C5H9N5O4S/c1-8-4-2-3(6)10(5(7)9-4)14-15(11,12)13/h2H,1H3,(H5,6,7,8,9,11,12,13). The molecule has 15 heavy (non-hydrogen) atoms. The highest BCUT2D eigenvalue weighted by Crippen LogP contribution is 2.06.